The first-order chi connectivity index (χ1) is 17.7. The molecule has 184 valence electrons. The van der Waals surface area contributed by atoms with Crippen LogP contribution in [-0.4, -0.2) is 53.9 Å². The van der Waals surface area contributed by atoms with Gasteiger partial charge in [-0.1, -0.05) is 6.07 Å². The predicted molar refractivity (Wildman–Crippen MR) is 144 cm³/mol. The molecule has 0 atom stereocenters. The summed E-state index contributed by atoms with van der Waals surface area (Å²) in [5.74, 6) is 0.205. The minimum absolute atomic E-state index is 0.372. The Morgan fingerprint density at radius 2 is 1.78 bits per heavy atom. The van der Waals surface area contributed by atoms with Gasteiger partial charge in [0.15, 0.2) is 0 Å². The van der Waals surface area contributed by atoms with Gasteiger partial charge in [0.05, 0.1) is 17.5 Å². The van der Waals surface area contributed by atoms with Crippen LogP contribution < -0.4 is 15.5 Å². The van der Waals surface area contributed by atoms with Gasteiger partial charge >= 0.3 is 0 Å². The molecule has 36 heavy (non-hydrogen) atoms. The first kappa shape index (κ1) is 22.9. The zero-order valence-electron chi connectivity index (χ0n) is 20.1. The van der Waals surface area contributed by atoms with Gasteiger partial charge in [0.2, 0.25) is 0 Å². The molecule has 1 aromatic carbocycles. The Bertz CT molecular complexity index is 1290. The second kappa shape index (κ2) is 9.87. The molecule has 3 aliphatic heterocycles. The third-order valence-electron chi connectivity index (χ3n) is 7.46. The van der Waals surface area contributed by atoms with Crippen molar-refractivity contribution in [2.24, 2.45) is 0 Å². The molecular weight excluding hydrogens is 470 g/mol. The van der Waals surface area contributed by atoms with Crippen molar-refractivity contribution >= 4 is 40.2 Å². The van der Waals surface area contributed by atoms with Crippen molar-refractivity contribution < 1.29 is 9.59 Å². The third kappa shape index (κ3) is 4.54. The number of fused-ring (bicyclic) bond motifs is 1. The molecule has 0 unspecified atom stereocenters. The summed E-state index contributed by atoms with van der Waals surface area (Å²) in [5, 5.41) is 9.71. The standard InChI is InChI=1S/C28H29N5O2S/c34-27-23-5-3-19(20-9-14-36-18-20)15-24(23)25(28(35)31-27)17-29-21-4-6-26(30-16-21)33-12-7-22(8-13-33)32-10-1-2-11-32/h3-6,9,14-18,22,29H,1-2,7-8,10-13H2,(H,31,34,35)/b25-17-. The van der Waals surface area contributed by atoms with E-state index in [0.717, 1.165) is 35.7 Å². The van der Waals surface area contributed by atoms with Crippen molar-refractivity contribution in [1.82, 2.24) is 15.2 Å². The summed E-state index contributed by atoms with van der Waals surface area (Å²) in [5.41, 5.74) is 4.38. The summed E-state index contributed by atoms with van der Waals surface area (Å²) >= 11 is 1.61. The number of benzene rings is 1. The van der Waals surface area contributed by atoms with E-state index in [4.69, 9.17) is 0 Å². The molecule has 0 radical (unpaired) electrons. The summed E-state index contributed by atoms with van der Waals surface area (Å²) in [6, 6.07) is 12.4. The van der Waals surface area contributed by atoms with Crippen molar-refractivity contribution in [3.8, 4) is 11.1 Å². The van der Waals surface area contributed by atoms with Gasteiger partial charge in [0.1, 0.15) is 5.82 Å². The monoisotopic (exact) mass is 499 g/mol. The highest BCUT2D eigenvalue weighted by molar-refractivity contribution is 7.08. The molecule has 0 aliphatic carbocycles. The Morgan fingerprint density at radius 1 is 0.944 bits per heavy atom. The summed E-state index contributed by atoms with van der Waals surface area (Å²) in [7, 11) is 0. The maximum atomic E-state index is 12.7. The van der Waals surface area contributed by atoms with E-state index in [0.29, 0.717) is 22.7 Å². The Labute approximate surface area is 214 Å². The van der Waals surface area contributed by atoms with Crippen molar-refractivity contribution in [1.29, 1.82) is 0 Å². The largest absolute Gasteiger partial charge is 0.360 e. The van der Waals surface area contributed by atoms with Crippen LogP contribution >= 0.6 is 11.3 Å². The van der Waals surface area contributed by atoms with Gasteiger partial charge < -0.3 is 15.1 Å². The molecule has 0 spiro atoms. The normalized spacial score (nSPS) is 20.0. The quantitative estimate of drug-likeness (QED) is 0.395. The third-order valence-corrected chi connectivity index (χ3v) is 8.14. The Kier molecular flexibility index (Phi) is 6.29. The van der Waals surface area contributed by atoms with Crippen LogP contribution in [0.25, 0.3) is 16.7 Å². The maximum absolute atomic E-state index is 12.7. The lowest BCUT2D eigenvalue weighted by molar-refractivity contribution is -0.114. The van der Waals surface area contributed by atoms with Crippen LogP contribution in [0.15, 0.2) is 59.6 Å². The van der Waals surface area contributed by atoms with Crippen LogP contribution in [-0.2, 0) is 4.79 Å². The molecule has 8 heteroatoms. The average Bonchev–Trinajstić information content (AvgIpc) is 3.64. The van der Waals surface area contributed by atoms with Gasteiger partial charge in [0.25, 0.3) is 11.8 Å². The van der Waals surface area contributed by atoms with E-state index < -0.39 is 5.91 Å². The molecule has 3 aliphatic rings. The number of rotatable bonds is 5. The molecule has 2 aromatic heterocycles. The fourth-order valence-electron chi connectivity index (χ4n) is 5.46. The highest BCUT2D eigenvalue weighted by atomic mass is 32.1. The first-order valence-electron chi connectivity index (χ1n) is 12.6. The number of thiophene rings is 1. The Balaban J connectivity index is 1.16. The SMILES string of the molecule is O=C1NC(=O)c2ccc(-c3ccsc3)cc2/C1=C/Nc1ccc(N2CCC(N3CCCC3)CC2)nc1. The number of aromatic nitrogens is 1. The van der Waals surface area contributed by atoms with E-state index in [1.165, 1.54) is 38.8 Å². The number of pyridine rings is 1. The van der Waals surface area contributed by atoms with Gasteiger partial charge in [-0.3, -0.25) is 14.9 Å². The molecule has 0 saturated carbocycles. The lowest BCUT2D eigenvalue weighted by Gasteiger charge is -2.37. The zero-order chi connectivity index (χ0) is 24.5. The summed E-state index contributed by atoms with van der Waals surface area (Å²) in [6.45, 7) is 4.57. The molecule has 0 bridgehead atoms. The van der Waals surface area contributed by atoms with Gasteiger partial charge in [-0.2, -0.15) is 11.3 Å². The number of imide groups is 1. The van der Waals surface area contributed by atoms with Crippen LogP contribution in [0.1, 0.15) is 41.6 Å². The van der Waals surface area contributed by atoms with E-state index in [2.05, 4.69) is 30.8 Å². The number of amides is 2. The van der Waals surface area contributed by atoms with E-state index in [-0.39, 0.29) is 5.91 Å². The van der Waals surface area contributed by atoms with Crippen LogP contribution in [0.3, 0.4) is 0 Å². The van der Waals surface area contributed by atoms with Crippen molar-refractivity contribution in [3.05, 3.63) is 70.7 Å². The zero-order valence-corrected chi connectivity index (χ0v) is 20.9. The number of nitrogens with zero attached hydrogens (tertiary/aromatic N) is 3. The van der Waals surface area contributed by atoms with Crippen molar-refractivity contribution in [2.45, 2.75) is 31.7 Å². The molecule has 2 saturated heterocycles. The van der Waals surface area contributed by atoms with Gasteiger partial charge in [0, 0.05) is 36.5 Å². The lowest BCUT2D eigenvalue weighted by Crippen LogP contribution is -2.44. The number of anilines is 2. The molecule has 2 amide bonds. The van der Waals surface area contributed by atoms with E-state index >= 15 is 0 Å². The van der Waals surface area contributed by atoms with Crippen LogP contribution in [0.4, 0.5) is 11.5 Å². The minimum atomic E-state index is -0.409. The summed E-state index contributed by atoms with van der Waals surface area (Å²) in [6.07, 6.45) is 8.52. The van der Waals surface area contributed by atoms with Crippen LogP contribution in [0, 0.1) is 0 Å². The summed E-state index contributed by atoms with van der Waals surface area (Å²) < 4.78 is 0. The summed E-state index contributed by atoms with van der Waals surface area (Å²) in [4.78, 5) is 34.8. The molecule has 2 fully saturated rings. The number of hydrogen-bond acceptors (Lipinski definition) is 7. The minimum Gasteiger partial charge on any atom is -0.360 e. The highest BCUT2D eigenvalue weighted by Crippen LogP contribution is 2.31. The number of carbonyl (C=O) groups is 2. The number of piperidine rings is 1. The molecule has 2 N–H and O–H groups in total. The lowest BCUT2D eigenvalue weighted by atomic mass is 9.92. The second-order valence-corrected chi connectivity index (χ2v) is 10.4. The molecule has 3 aromatic rings. The number of likely N-dealkylation sites (tertiary alicyclic amines) is 1. The predicted octanol–water partition coefficient (Wildman–Crippen LogP) is 4.60. The fourth-order valence-corrected chi connectivity index (χ4v) is 6.12. The van der Waals surface area contributed by atoms with Crippen molar-refractivity contribution in [3.63, 3.8) is 0 Å². The number of carbonyl (C=O) groups excluding carboxylic acids is 2. The number of hydrogen-bond donors (Lipinski definition) is 2. The smallest absolute Gasteiger partial charge is 0.260 e. The van der Waals surface area contributed by atoms with E-state index in [1.807, 2.05) is 35.7 Å². The number of nitrogens with one attached hydrogen (secondary N) is 2. The molecule has 5 heterocycles. The van der Waals surface area contributed by atoms with Crippen molar-refractivity contribution in [2.75, 3.05) is 36.4 Å². The average molecular weight is 500 g/mol. The first-order valence-corrected chi connectivity index (χ1v) is 13.5. The second-order valence-electron chi connectivity index (χ2n) is 9.62. The Hall–Kier alpha value is -3.49. The molecule has 7 nitrogen and oxygen atoms in total. The molecular formula is C28H29N5O2S. The van der Waals surface area contributed by atoms with Gasteiger partial charge in [-0.05, 0) is 91.0 Å². The van der Waals surface area contributed by atoms with Crippen LogP contribution in [0.5, 0.6) is 0 Å². The van der Waals surface area contributed by atoms with E-state index in [9.17, 15) is 9.59 Å². The van der Waals surface area contributed by atoms with Gasteiger partial charge in [-0.15, -0.1) is 0 Å². The maximum Gasteiger partial charge on any atom is 0.260 e. The highest BCUT2D eigenvalue weighted by Gasteiger charge is 2.28. The fraction of sp³-hybridized carbons (Fsp3) is 0.321. The van der Waals surface area contributed by atoms with E-state index in [1.54, 1.807) is 29.8 Å². The topological polar surface area (TPSA) is 77.6 Å². The van der Waals surface area contributed by atoms with Crippen LogP contribution in [0.2, 0.25) is 0 Å². The van der Waals surface area contributed by atoms with Gasteiger partial charge in [-0.25, -0.2) is 4.98 Å². The Morgan fingerprint density at radius 3 is 2.50 bits per heavy atom. The molecule has 6 rings (SSSR count).